The number of rotatable bonds is 3. The molecule has 0 aromatic carbocycles. The molecule has 1 atom stereocenters. The lowest BCUT2D eigenvalue weighted by molar-refractivity contribution is 0.152. The van der Waals surface area contributed by atoms with Gasteiger partial charge in [-0.3, -0.25) is 0 Å². The Bertz CT molecular complexity index is 284. The molecule has 1 unspecified atom stereocenters. The third kappa shape index (κ3) is 4.56. The van der Waals surface area contributed by atoms with Crippen molar-refractivity contribution in [2.45, 2.75) is 43.4 Å². The summed E-state index contributed by atoms with van der Waals surface area (Å²) in [6, 6.07) is 0.759. The van der Waals surface area contributed by atoms with Crippen molar-refractivity contribution in [2.75, 3.05) is 39.5 Å². The van der Waals surface area contributed by atoms with Crippen LogP contribution in [0.25, 0.3) is 0 Å². The molecule has 2 heterocycles. The molecular formula is C14H27N3OS. The lowest BCUT2D eigenvalue weighted by Crippen LogP contribution is -2.48. The zero-order chi connectivity index (χ0) is 13.7. The Labute approximate surface area is 121 Å². The van der Waals surface area contributed by atoms with E-state index in [9.17, 15) is 4.79 Å². The number of nitrogens with zero attached hydrogens (tertiary/aromatic N) is 2. The van der Waals surface area contributed by atoms with Crippen LogP contribution in [0.3, 0.4) is 0 Å². The summed E-state index contributed by atoms with van der Waals surface area (Å²) in [5.74, 6) is 1.34. The third-order valence-corrected chi connectivity index (χ3v) is 5.45. The highest BCUT2D eigenvalue weighted by Crippen LogP contribution is 2.24. The summed E-state index contributed by atoms with van der Waals surface area (Å²) >= 11 is 2.13. The van der Waals surface area contributed by atoms with Gasteiger partial charge < -0.3 is 15.1 Å². The van der Waals surface area contributed by atoms with Gasteiger partial charge in [0.1, 0.15) is 0 Å². The first-order valence-electron chi connectivity index (χ1n) is 7.48. The Hall–Kier alpha value is -0.420. The van der Waals surface area contributed by atoms with Gasteiger partial charge in [-0.15, -0.1) is 0 Å². The smallest absolute Gasteiger partial charge is 0.319 e. The zero-order valence-corrected chi connectivity index (χ0v) is 13.0. The van der Waals surface area contributed by atoms with Gasteiger partial charge in [-0.05, 0) is 31.4 Å². The van der Waals surface area contributed by atoms with Gasteiger partial charge in [0.25, 0.3) is 0 Å². The summed E-state index contributed by atoms with van der Waals surface area (Å²) in [4.78, 5) is 15.5. The molecule has 0 aliphatic carbocycles. The van der Waals surface area contributed by atoms with E-state index in [1.807, 2.05) is 19.0 Å². The third-order valence-electron chi connectivity index (χ3n) is 4.06. The standard InChI is InChI=1S/C14H27N3OS/c1-16(2)14(18)17-8-6-12(7-9-17)15-11-13-5-3-4-10-19-13/h12-13,15H,3-11H2,1-2H3. The second kappa shape index (κ2) is 7.39. The van der Waals surface area contributed by atoms with Gasteiger partial charge in [-0.25, -0.2) is 4.79 Å². The Morgan fingerprint density at radius 1 is 1.26 bits per heavy atom. The molecule has 0 aromatic heterocycles. The number of urea groups is 1. The van der Waals surface area contributed by atoms with Crippen molar-refractivity contribution >= 4 is 17.8 Å². The van der Waals surface area contributed by atoms with Crippen LogP contribution < -0.4 is 5.32 Å². The topological polar surface area (TPSA) is 35.6 Å². The van der Waals surface area contributed by atoms with Crippen LogP contribution in [0.4, 0.5) is 4.79 Å². The van der Waals surface area contributed by atoms with Crippen molar-refractivity contribution in [1.29, 1.82) is 0 Å². The molecule has 0 radical (unpaired) electrons. The minimum atomic E-state index is 0.154. The molecule has 5 heteroatoms. The second-order valence-corrected chi connectivity index (χ2v) is 7.24. The SMILES string of the molecule is CN(C)C(=O)N1CCC(NCC2CCCCS2)CC1. The van der Waals surface area contributed by atoms with Gasteiger partial charge in [0.15, 0.2) is 0 Å². The number of carbonyl (C=O) groups excluding carboxylic acids is 1. The molecule has 2 saturated heterocycles. The number of likely N-dealkylation sites (tertiary alicyclic amines) is 1. The Balaban J connectivity index is 1.64. The molecule has 2 aliphatic rings. The van der Waals surface area contributed by atoms with Crippen molar-refractivity contribution < 1.29 is 4.79 Å². The average Bonchev–Trinajstić information content (AvgIpc) is 2.46. The van der Waals surface area contributed by atoms with Gasteiger partial charge in [-0.1, -0.05) is 6.42 Å². The fourth-order valence-corrected chi connectivity index (χ4v) is 4.08. The van der Waals surface area contributed by atoms with Crippen LogP contribution in [-0.2, 0) is 0 Å². The fourth-order valence-electron chi connectivity index (χ4n) is 2.82. The van der Waals surface area contributed by atoms with E-state index in [1.54, 1.807) is 4.90 Å². The van der Waals surface area contributed by atoms with E-state index in [1.165, 1.54) is 25.0 Å². The second-order valence-electron chi connectivity index (χ2n) is 5.84. The lowest BCUT2D eigenvalue weighted by atomic mass is 10.0. The number of hydrogen-bond acceptors (Lipinski definition) is 3. The molecule has 0 aromatic rings. The van der Waals surface area contributed by atoms with Crippen LogP contribution in [0, 0.1) is 0 Å². The monoisotopic (exact) mass is 285 g/mol. The summed E-state index contributed by atoms with van der Waals surface area (Å²) in [6.45, 7) is 2.94. The maximum atomic E-state index is 11.8. The van der Waals surface area contributed by atoms with Crippen LogP contribution in [0.5, 0.6) is 0 Å². The average molecular weight is 285 g/mol. The van der Waals surface area contributed by atoms with Crippen LogP contribution in [0.2, 0.25) is 0 Å². The first kappa shape index (κ1) is 15.0. The summed E-state index contributed by atoms with van der Waals surface area (Å²) in [6.07, 6.45) is 6.35. The van der Waals surface area contributed by atoms with Gasteiger partial charge in [0.2, 0.25) is 0 Å². The van der Waals surface area contributed by atoms with E-state index >= 15 is 0 Å². The molecule has 0 saturated carbocycles. The first-order chi connectivity index (χ1) is 9.16. The van der Waals surface area contributed by atoms with Crippen molar-refractivity contribution in [3.05, 3.63) is 0 Å². The van der Waals surface area contributed by atoms with E-state index in [2.05, 4.69) is 17.1 Å². The van der Waals surface area contributed by atoms with Gasteiger partial charge >= 0.3 is 6.03 Å². The highest BCUT2D eigenvalue weighted by Gasteiger charge is 2.24. The molecule has 2 amide bonds. The van der Waals surface area contributed by atoms with Crippen molar-refractivity contribution in [3.63, 3.8) is 0 Å². The molecule has 0 bridgehead atoms. The summed E-state index contributed by atoms with van der Waals surface area (Å²) in [7, 11) is 3.65. The fraction of sp³-hybridized carbons (Fsp3) is 0.929. The molecule has 110 valence electrons. The van der Waals surface area contributed by atoms with E-state index in [4.69, 9.17) is 0 Å². The quantitative estimate of drug-likeness (QED) is 0.861. The number of hydrogen-bond donors (Lipinski definition) is 1. The van der Waals surface area contributed by atoms with Crippen molar-refractivity contribution in [3.8, 4) is 0 Å². The Kier molecular flexibility index (Phi) is 5.82. The number of carbonyl (C=O) groups is 1. The van der Waals surface area contributed by atoms with Crippen LogP contribution in [0.1, 0.15) is 32.1 Å². The lowest BCUT2D eigenvalue weighted by Gasteiger charge is -2.34. The normalized spacial score (nSPS) is 25.4. The van der Waals surface area contributed by atoms with Crippen molar-refractivity contribution in [2.24, 2.45) is 0 Å². The molecule has 2 rings (SSSR count). The number of amides is 2. The molecular weight excluding hydrogens is 258 g/mol. The van der Waals surface area contributed by atoms with Gasteiger partial charge in [0, 0.05) is 45.0 Å². The molecule has 2 aliphatic heterocycles. The maximum absolute atomic E-state index is 11.8. The highest BCUT2D eigenvalue weighted by molar-refractivity contribution is 7.99. The molecule has 0 spiro atoms. The minimum Gasteiger partial charge on any atom is -0.331 e. The predicted octanol–water partition coefficient (Wildman–Crippen LogP) is 2.01. The minimum absolute atomic E-state index is 0.154. The predicted molar refractivity (Wildman–Crippen MR) is 81.8 cm³/mol. The summed E-state index contributed by atoms with van der Waals surface area (Å²) < 4.78 is 0. The summed E-state index contributed by atoms with van der Waals surface area (Å²) in [5, 5.41) is 4.52. The van der Waals surface area contributed by atoms with E-state index in [0.717, 1.165) is 37.7 Å². The molecule has 1 N–H and O–H groups in total. The Morgan fingerprint density at radius 3 is 2.58 bits per heavy atom. The van der Waals surface area contributed by atoms with Crippen LogP contribution in [0.15, 0.2) is 0 Å². The van der Waals surface area contributed by atoms with E-state index in [-0.39, 0.29) is 6.03 Å². The zero-order valence-electron chi connectivity index (χ0n) is 12.2. The van der Waals surface area contributed by atoms with Crippen LogP contribution >= 0.6 is 11.8 Å². The largest absolute Gasteiger partial charge is 0.331 e. The molecule has 19 heavy (non-hydrogen) atoms. The van der Waals surface area contributed by atoms with Crippen LogP contribution in [-0.4, -0.2) is 66.6 Å². The number of nitrogens with one attached hydrogen (secondary N) is 1. The molecule has 2 fully saturated rings. The summed E-state index contributed by atoms with van der Waals surface area (Å²) in [5.41, 5.74) is 0. The van der Waals surface area contributed by atoms with E-state index < -0.39 is 0 Å². The maximum Gasteiger partial charge on any atom is 0.319 e. The van der Waals surface area contributed by atoms with Gasteiger partial charge in [0.05, 0.1) is 0 Å². The highest BCUT2D eigenvalue weighted by atomic mass is 32.2. The Morgan fingerprint density at radius 2 is 2.00 bits per heavy atom. The number of piperidine rings is 1. The van der Waals surface area contributed by atoms with Crippen molar-refractivity contribution in [1.82, 2.24) is 15.1 Å². The van der Waals surface area contributed by atoms with E-state index in [0.29, 0.717) is 6.04 Å². The first-order valence-corrected chi connectivity index (χ1v) is 8.53. The molecule has 4 nitrogen and oxygen atoms in total. The van der Waals surface area contributed by atoms with Gasteiger partial charge in [-0.2, -0.15) is 11.8 Å². The number of thioether (sulfide) groups is 1.